The second-order valence-corrected chi connectivity index (χ2v) is 7.79. The number of hydrogen-bond acceptors (Lipinski definition) is 3. The number of aromatic nitrogens is 3. The Labute approximate surface area is 153 Å². The summed E-state index contributed by atoms with van der Waals surface area (Å²) in [6, 6.07) is 10.6. The summed E-state index contributed by atoms with van der Waals surface area (Å²) in [7, 11) is 0. The van der Waals surface area contributed by atoms with Crippen LogP contribution in [-0.4, -0.2) is 32.2 Å². The van der Waals surface area contributed by atoms with E-state index < -0.39 is 0 Å². The summed E-state index contributed by atoms with van der Waals surface area (Å²) in [4.78, 5) is 15.1. The van der Waals surface area contributed by atoms with Gasteiger partial charge in [0.05, 0.1) is 12.1 Å². The Morgan fingerprint density at radius 1 is 1.19 bits per heavy atom. The largest absolute Gasteiger partial charge is 0.331 e. The second kappa shape index (κ2) is 6.11. The van der Waals surface area contributed by atoms with E-state index in [1.165, 1.54) is 24.8 Å². The molecule has 26 heavy (non-hydrogen) atoms. The van der Waals surface area contributed by atoms with Crippen LogP contribution in [0.1, 0.15) is 49.3 Å². The van der Waals surface area contributed by atoms with Crippen molar-refractivity contribution in [1.82, 2.24) is 25.0 Å². The van der Waals surface area contributed by atoms with Gasteiger partial charge in [-0.05, 0) is 24.8 Å². The van der Waals surface area contributed by atoms with Gasteiger partial charge < -0.3 is 14.8 Å². The molecule has 6 nitrogen and oxygen atoms in total. The van der Waals surface area contributed by atoms with E-state index in [0.29, 0.717) is 12.5 Å². The van der Waals surface area contributed by atoms with Gasteiger partial charge in [0.2, 0.25) is 0 Å². The minimum Gasteiger partial charge on any atom is -0.331 e. The first-order chi connectivity index (χ1) is 12.8. The van der Waals surface area contributed by atoms with Gasteiger partial charge in [-0.25, -0.2) is 4.79 Å². The maximum atomic E-state index is 13.0. The number of aryl methyl sites for hydroxylation is 1. The third kappa shape index (κ3) is 2.27. The summed E-state index contributed by atoms with van der Waals surface area (Å²) in [6.45, 7) is 2.28. The summed E-state index contributed by atoms with van der Waals surface area (Å²) < 4.78 is 2.15. The molecule has 2 fully saturated rings. The van der Waals surface area contributed by atoms with Crippen molar-refractivity contribution in [2.24, 2.45) is 5.92 Å². The van der Waals surface area contributed by atoms with Crippen LogP contribution < -0.4 is 5.32 Å². The second-order valence-electron chi connectivity index (χ2n) is 7.79. The van der Waals surface area contributed by atoms with Crippen molar-refractivity contribution in [2.75, 3.05) is 6.54 Å². The molecule has 1 saturated heterocycles. The first-order valence-electron chi connectivity index (χ1n) is 9.81. The molecule has 136 valence electrons. The summed E-state index contributed by atoms with van der Waals surface area (Å²) in [6.07, 6.45) is 6.86. The summed E-state index contributed by atoms with van der Waals surface area (Å²) in [5.41, 5.74) is 1.17. The number of likely N-dealkylation sites (tertiary alicyclic amines) is 1. The zero-order valence-corrected chi connectivity index (χ0v) is 15.0. The highest BCUT2D eigenvalue weighted by molar-refractivity contribution is 5.77. The van der Waals surface area contributed by atoms with Crippen LogP contribution in [0.25, 0.3) is 0 Å². The molecule has 2 aliphatic heterocycles. The van der Waals surface area contributed by atoms with Crippen LogP contribution in [0.5, 0.6) is 0 Å². The number of hydrogen-bond donors (Lipinski definition) is 1. The lowest BCUT2D eigenvalue weighted by Gasteiger charge is -2.61. The van der Waals surface area contributed by atoms with Crippen molar-refractivity contribution in [3.05, 3.63) is 47.5 Å². The first-order valence-corrected chi connectivity index (χ1v) is 9.81. The predicted octanol–water partition coefficient (Wildman–Crippen LogP) is 2.84. The van der Waals surface area contributed by atoms with Gasteiger partial charge in [0, 0.05) is 25.4 Å². The molecule has 0 spiro atoms. The molecule has 0 unspecified atom stereocenters. The number of benzene rings is 1. The Morgan fingerprint density at radius 3 is 2.92 bits per heavy atom. The van der Waals surface area contributed by atoms with Crippen molar-refractivity contribution in [1.29, 1.82) is 0 Å². The first kappa shape index (κ1) is 15.9. The third-order valence-corrected chi connectivity index (χ3v) is 6.52. The molecule has 0 radical (unpaired) electrons. The van der Waals surface area contributed by atoms with Crippen LogP contribution in [0, 0.1) is 5.92 Å². The Hall–Kier alpha value is -2.37. The van der Waals surface area contributed by atoms with E-state index in [2.05, 4.69) is 49.2 Å². The minimum atomic E-state index is -0.115. The monoisotopic (exact) mass is 351 g/mol. The molecule has 0 bridgehead atoms. The van der Waals surface area contributed by atoms with E-state index in [9.17, 15) is 4.79 Å². The van der Waals surface area contributed by atoms with E-state index in [1.807, 2.05) is 6.07 Å². The van der Waals surface area contributed by atoms with E-state index in [-0.39, 0.29) is 11.6 Å². The summed E-state index contributed by atoms with van der Waals surface area (Å²) in [5, 5.41) is 11.6. The number of nitrogens with zero attached hydrogens (tertiary/aromatic N) is 4. The number of nitrogens with one attached hydrogen (secondary N) is 1. The maximum Gasteiger partial charge on any atom is 0.318 e. The van der Waals surface area contributed by atoms with Gasteiger partial charge in [-0.2, -0.15) is 0 Å². The Morgan fingerprint density at radius 2 is 2.08 bits per heavy atom. The normalized spacial score (nSPS) is 26.8. The molecular formula is C20H25N5O. The molecule has 1 saturated carbocycles. The Kier molecular flexibility index (Phi) is 3.72. The highest BCUT2D eigenvalue weighted by Crippen LogP contribution is 2.53. The van der Waals surface area contributed by atoms with E-state index in [1.54, 1.807) is 0 Å². The Bertz CT molecular complexity index is 817. The smallest absolute Gasteiger partial charge is 0.318 e. The molecule has 1 aromatic heterocycles. The number of fused-ring (bicyclic) bond motifs is 2. The fourth-order valence-electron chi connectivity index (χ4n) is 5.22. The number of carbonyl (C=O) groups is 1. The topological polar surface area (TPSA) is 63.1 Å². The minimum absolute atomic E-state index is 0.0300. The van der Waals surface area contributed by atoms with Gasteiger partial charge in [0.15, 0.2) is 5.82 Å². The zero-order chi connectivity index (χ0) is 17.6. The standard InChI is InChI=1S/C20H25N5O/c26-19(21-13-18-23-22-17-10-6-12-24(17)18)25-14-16-9-4-5-11-20(16,25)15-7-2-1-3-8-15/h1-3,7-8,16H,4-6,9-14H2,(H,21,26)/t16-,20+/m1/s1. The predicted molar refractivity (Wildman–Crippen MR) is 97.4 cm³/mol. The molecule has 3 aliphatic rings. The van der Waals surface area contributed by atoms with Crippen molar-refractivity contribution in [2.45, 2.75) is 57.2 Å². The van der Waals surface area contributed by atoms with Gasteiger partial charge in [0.1, 0.15) is 5.82 Å². The van der Waals surface area contributed by atoms with Gasteiger partial charge in [-0.3, -0.25) is 0 Å². The lowest BCUT2D eigenvalue weighted by Crippen LogP contribution is -2.69. The Balaban J connectivity index is 1.34. The molecule has 1 aromatic carbocycles. The SMILES string of the molecule is O=C(NCc1nnc2n1CCC2)N1C[C@H]2CCCC[C@]21c1ccccc1. The molecular weight excluding hydrogens is 326 g/mol. The molecule has 2 atom stereocenters. The fourth-order valence-corrected chi connectivity index (χ4v) is 5.22. The van der Waals surface area contributed by atoms with Crippen LogP contribution in [0.15, 0.2) is 30.3 Å². The number of carbonyl (C=O) groups excluding carboxylic acids is 1. The lowest BCUT2D eigenvalue weighted by molar-refractivity contribution is -0.0794. The molecule has 1 N–H and O–H groups in total. The van der Waals surface area contributed by atoms with Crippen LogP contribution >= 0.6 is 0 Å². The fraction of sp³-hybridized carbons (Fsp3) is 0.550. The summed E-state index contributed by atoms with van der Waals surface area (Å²) >= 11 is 0. The van der Waals surface area contributed by atoms with E-state index >= 15 is 0 Å². The van der Waals surface area contributed by atoms with Crippen LogP contribution in [0.3, 0.4) is 0 Å². The van der Waals surface area contributed by atoms with Crippen LogP contribution in [0.4, 0.5) is 4.79 Å². The van der Waals surface area contributed by atoms with Crippen molar-refractivity contribution >= 4 is 6.03 Å². The molecule has 3 heterocycles. The van der Waals surface area contributed by atoms with E-state index in [0.717, 1.165) is 44.0 Å². The molecule has 5 rings (SSSR count). The molecule has 1 aliphatic carbocycles. The highest BCUT2D eigenvalue weighted by atomic mass is 16.2. The average molecular weight is 351 g/mol. The van der Waals surface area contributed by atoms with Crippen LogP contribution in [0.2, 0.25) is 0 Å². The van der Waals surface area contributed by atoms with Crippen LogP contribution in [-0.2, 0) is 25.0 Å². The van der Waals surface area contributed by atoms with Gasteiger partial charge in [-0.15, -0.1) is 10.2 Å². The van der Waals surface area contributed by atoms with Gasteiger partial charge >= 0.3 is 6.03 Å². The quantitative estimate of drug-likeness (QED) is 0.925. The van der Waals surface area contributed by atoms with Gasteiger partial charge in [-0.1, -0.05) is 43.2 Å². The van der Waals surface area contributed by atoms with Crippen molar-refractivity contribution in [3.63, 3.8) is 0 Å². The number of amides is 2. The zero-order valence-electron chi connectivity index (χ0n) is 15.0. The van der Waals surface area contributed by atoms with Crippen molar-refractivity contribution < 1.29 is 4.79 Å². The number of rotatable bonds is 3. The maximum absolute atomic E-state index is 13.0. The summed E-state index contributed by atoms with van der Waals surface area (Å²) in [5.74, 6) is 2.51. The molecule has 2 aromatic rings. The number of urea groups is 1. The highest BCUT2D eigenvalue weighted by Gasteiger charge is 2.57. The van der Waals surface area contributed by atoms with E-state index in [4.69, 9.17) is 0 Å². The molecule has 2 amide bonds. The average Bonchev–Trinajstić information content (AvgIpc) is 3.26. The van der Waals surface area contributed by atoms with Crippen molar-refractivity contribution in [3.8, 4) is 0 Å². The third-order valence-electron chi connectivity index (χ3n) is 6.52. The van der Waals surface area contributed by atoms with Gasteiger partial charge in [0.25, 0.3) is 0 Å². The lowest BCUT2D eigenvalue weighted by atomic mass is 9.62. The molecule has 6 heteroatoms.